The fraction of sp³-hybridized carbons (Fsp3) is 0.471. The molecule has 2 rings (SSSR count). The second kappa shape index (κ2) is 9.02. The number of hydrogen-bond acceptors (Lipinski definition) is 4. The minimum absolute atomic E-state index is 0.0678. The molecular formula is C17H24N4O3. The topological polar surface area (TPSA) is 113 Å². The lowest BCUT2D eigenvalue weighted by Crippen LogP contribution is -2.39. The van der Waals surface area contributed by atoms with Crippen molar-refractivity contribution in [3.63, 3.8) is 0 Å². The Morgan fingerprint density at radius 1 is 1.08 bits per heavy atom. The molecule has 7 nitrogen and oxygen atoms in total. The summed E-state index contributed by atoms with van der Waals surface area (Å²) in [5.74, 6) is -0.489. The van der Waals surface area contributed by atoms with Crippen LogP contribution in [-0.4, -0.2) is 30.8 Å². The molecule has 1 aromatic carbocycles. The third-order valence-electron chi connectivity index (χ3n) is 4.04. The van der Waals surface area contributed by atoms with E-state index < -0.39 is 0 Å². The SMILES string of the molecule is NCC(=O)NCC(=O)NCc1cccc(NC(=O)C2CCCC2)c1. The van der Waals surface area contributed by atoms with Crippen molar-refractivity contribution >= 4 is 23.4 Å². The van der Waals surface area contributed by atoms with Crippen molar-refractivity contribution in [2.24, 2.45) is 11.7 Å². The fourth-order valence-corrected chi connectivity index (χ4v) is 2.71. The molecule has 0 saturated heterocycles. The van der Waals surface area contributed by atoms with Crippen LogP contribution in [-0.2, 0) is 20.9 Å². The maximum absolute atomic E-state index is 12.1. The van der Waals surface area contributed by atoms with Gasteiger partial charge in [0, 0.05) is 18.2 Å². The predicted octanol–water partition coefficient (Wildman–Crippen LogP) is 0.506. The smallest absolute Gasteiger partial charge is 0.239 e. The first-order valence-electron chi connectivity index (χ1n) is 8.21. The van der Waals surface area contributed by atoms with Gasteiger partial charge in [-0.15, -0.1) is 0 Å². The second-order valence-electron chi connectivity index (χ2n) is 5.93. The van der Waals surface area contributed by atoms with E-state index in [1.807, 2.05) is 24.3 Å². The first-order chi connectivity index (χ1) is 11.6. The minimum Gasteiger partial charge on any atom is -0.350 e. The molecule has 0 spiro atoms. The largest absolute Gasteiger partial charge is 0.350 e. The van der Waals surface area contributed by atoms with Crippen LogP contribution in [0.3, 0.4) is 0 Å². The Balaban J connectivity index is 1.80. The Morgan fingerprint density at radius 3 is 2.54 bits per heavy atom. The van der Waals surface area contributed by atoms with Crippen molar-refractivity contribution in [2.75, 3.05) is 18.4 Å². The highest BCUT2D eigenvalue weighted by Gasteiger charge is 2.22. The molecule has 1 aromatic rings. The minimum atomic E-state index is -0.373. The van der Waals surface area contributed by atoms with E-state index in [9.17, 15) is 14.4 Å². The van der Waals surface area contributed by atoms with Crippen LogP contribution in [0.2, 0.25) is 0 Å². The summed E-state index contributed by atoms with van der Waals surface area (Å²) in [5, 5.41) is 8.05. The van der Waals surface area contributed by atoms with Crippen molar-refractivity contribution in [3.8, 4) is 0 Å². The Bertz CT molecular complexity index is 597. The number of benzene rings is 1. The summed E-state index contributed by atoms with van der Waals surface area (Å²) < 4.78 is 0. The highest BCUT2D eigenvalue weighted by Crippen LogP contribution is 2.26. The molecule has 0 bridgehead atoms. The number of anilines is 1. The molecular weight excluding hydrogens is 308 g/mol. The zero-order valence-electron chi connectivity index (χ0n) is 13.6. The maximum atomic E-state index is 12.1. The van der Waals surface area contributed by atoms with Crippen LogP contribution in [0.15, 0.2) is 24.3 Å². The molecule has 0 unspecified atom stereocenters. The number of carbonyl (C=O) groups excluding carboxylic acids is 3. The van der Waals surface area contributed by atoms with Crippen molar-refractivity contribution in [1.29, 1.82) is 0 Å². The summed E-state index contributed by atoms with van der Waals surface area (Å²) in [7, 11) is 0. The normalized spacial score (nSPS) is 14.2. The van der Waals surface area contributed by atoms with Gasteiger partial charge in [0.25, 0.3) is 0 Å². The number of hydrogen-bond donors (Lipinski definition) is 4. The summed E-state index contributed by atoms with van der Waals surface area (Å²) in [6, 6.07) is 7.37. The molecule has 7 heteroatoms. The Morgan fingerprint density at radius 2 is 1.83 bits per heavy atom. The molecule has 1 saturated carbocycles. The van der Waals surface area contributed by atoms with E-state index in [2.05, 4.69) is 16.0 Å². The lowest BCUT2D eigenvalue weighted by Gasteiger charge is -2.12. The standard InChI is InChI=1S/C17H24N4O3/c18-9-15(22)20-11-16(23)19-10-12-4-3-7-14(8-12)21-17(24)13-5-1-2-6-13/h3-4,7-8,13H,1-2,5-6,9-11,18H2,(H,19,23)(H,20,22)(H,21,24). The van der Waals surface area contributed by atoms with Crippen LogP contribution in [0, 0.1) is 5.92 Å². The fourth-order valence-electron chi connectivity index (χ4n) is 2.71. The zero-order valence-corrected chi connectivity index (χ0v) is 13.6. The molecule has 130 valence electrons. The molecule has 1 aliphatic rings. The van der Waals surface area contributed by atoms with E-state index in [0.29, 0.717) is 6.54 Å². The van der Waals surface area contributed by atoms with E-state index in [-0.39, 0.29) is 36.7 Å². The van der Waals surface area contributed by atoms with Gasteiger partial charge in [0.05, 0.1) is 13.1 Å². The van der Waals surface area contributed by atoms with Crippen LogP contribution in [0.5, 0.6) is 0 Å². The Hall–Kier alpha value is -2.41. The van der Waals surface area contributed by atoms with Gasteiger partial charge in [-0.3, -0.25) is 14.4 Å². The highest BCUT2D eigenvalue weighted by molar-refractivity contribution is 5.92. The molecule has 0 heterocycles. The number of nitrogens with two attached hydrogens (primary N) is 1. The molecule has 24 heavy (non-hydrogen) atoms. The molecule has 0 radical (unpaired) electrons. The van der Waals surface area contributed by atoms with Gasteiger partial charge in [-0.2, -0.15) is 0 Å². The van der Waals surface area contributed by atoms with Crippen molar-refractivity contribution in [3.05, 3.63) is 29.8 Å². The van der Waals surface area contributed by atoms with E-state index >= 15 is 0 Å². The van der Waals surface area contributed by atoms with Gasteiger partial charge in [0.1, 0.15) is 0 Å². The third-order valence-corrected chi connectivity index (χ3v) is 4.04. The van der Waals surface area contributed by atoms with Crippen LogP contribution in [0.4, 0.5) is 5.69 Å². The summed E-state index contributed by atoms with van der Waals surface area (Å²) in [6.07, 6.45) is 4.14. The highest BCUT2D eigenvalue weighted by atomic mass is 16.2. The molecule has 1 fully saturated rings. The zero-order chi connectivity index (χ0) is 17.4. The lowest BCUT2D eigenvalue weighted by molar-refractivity contribution is -0.125. The number of rotatable bonds is 7. The summed E-state index contributed by atoms with van der Waals surface area (Å²) in [6.45, 7) is 0.0780. The number of nitrogens with one attached hydrogen (secondary N) is 3. The molecule has 0 aliphatic heterocycles. The first-order valence-corrected chi connectivity index (χ1v) is 8.21. The van der Waals surface area contributed by atoms with Crippen molar-refractivity contribution in [1.82, 2.24) is 10.6 Å². The van der Waals surface area contributed by atoms with Gasteiger partial charge in [-0.25, -0.2) is 0 Å². The van der Waals surface area contributed by atoms with Crippen LogP contribution < -0.4 is 21.7 Å². The summed E-state index contributed by atoms with van der Waals surface area (Å²) >= 11 is 0. The van der Waals surface area contributed by atoms with Gasteiger partial charge >= 0.3 is 0 Å². The van der Waals surface area contributed by atoms with Gasteiger partial charge in [-0.1, -0.05) is 25.0 Å². The number of carbonyl (C=O) groups is 3. The van der Waals surface area contributed by atoms with Crippen LogP contribution in [0.1, 0.15) is 31.2 Å². The van der Waals surface area contributed by atoms with Crippen molar-refractivity contribution in [2.45, 2.75) is 32.2 Å². The van der Waals surface area contributed by atoms with E-state index in [1.165, 1.54) is 0 Å². The van der Waals surface area contributed by atoms with E-state index in [1.54, 1.807) is 0 Å². The Kier molecular flexibility index (Phi) is 6.74. The van der Waals surface area contributed by atoms with Crippen LogP contribution >= 0.6 is 0 Å². The van der Waals surface area contributed by atoms with E-state index in [0.717, 1.165) is 36.9 Å². The molecule has 5 N–H and O–H groups in total. The average molecular weight is 332 g/mol. The lowest BCUT2D eigenvalue weighted by atomic mass is 10.1. The monoisotopic (exact) mass is 332 g/mol. The van der Waals surface area contributed by atoms with Gasteiger partial charge < -0.3 is 21.7 Å². The summed E-state index contributed by atoms with van der Waals surface area (Å²) in [5.41, 5.74) is 6.75. The third kappa shape index (κ3) is 5.66. The summed E-state index contributed by atoms with van der Waals surface area (Å²) in [4.78, 5) is 34.8. The predicted molar refractivity (Wildman–Crippen MR) is 90.9 cm³/mol. The second-order valence-corrected chi connectivity index (χ2v) is 5.93. The van der Waals surface area contributed by atoms with Gasteiger partial charge in [0.15, 0.2) is 0 Å². The number of amides is 3. The maximum Gasteiger partial charge on any atom is 0.239 e. The van der Waals surface area contributed by atoms with Gasteiger partial charge in [-0.05, 0) is 30.5 Å². The first kappa shape index (κ1) is 17.9. The van der Waals surface area contributed by atoms with Crippen LogP contribution in [0.25, 0.3) is 0 Å². The Labute approximate surface area is 141 Å². The molecule has 3 amide bonds. The quantitative estimate of drug-likeness (QED) is 0.582. The molecule has 1 aliphatic carbocycles. The van der Waals surface area contributed by atoms with Crippen molar-refractivity contribution < 1.29 is 14.4 Å². The molecule has 0 aromatic heterocycles. The average Bonchev–Trinajstić information content (AvgIpc) is 3.13. The van der Waals surface area contributed by atoms with E-state index in [4.69, 9.17) is 5.73 Å². The van der Waals surface area contributed by atoms with Gasteiger partial charge in [0.2, 0.25) is 17.7 Å². The molecule has 0 atom stereocenters.